The Bertz CT molecular complexity index is 792. The SMILES string of the molecule is CN(C(=Nc1ccccc1)SCC(=O)Nc1ccc(Cl)cn1)C1CCCCC1. The van der Waals surface area contributed by atoms with Gasteiger partial charge in [-0.15, -0.1) is 0 Å². The fraction of sp³-hybridized carbons (Fsp3) is 0.381. The van der Waals surface area contributed by atoms with Crippen LogP contribution in [0.5, 0.6) is 0 Å². The Morgan fingerprint density at radius 2 is 1.96 bits per heavy atom. The maximum Gasteiger partial charge on any atom is 0.236 e. The van der Waals surface area contributed by atoms with Crippen LogP contribution >= 0.6 is 23.4 Å². The first kappa shape index (κ1) is 20.7. The molecule has 5 nitrogen and oxygen atoms in total. The Hall–Kier alpha value is -2.05. The number of aliphatic imine (C=N–C) groups is 1. The first-order valence-electron chi connectivity index (χ1n) is 9.52. The number of thioether (sulfide) groups is 1. The monoisotopic (exact) mass is 416 g/mol. The molecule has 2 aromatic rings. The molecule has 7 heteroatoms. The lowest BCUT2D eigenvalue weighted by molar-refractivity contribution is -0.113. The van der Waals surface area contributed by atoms with Gasteiger partial charge in [-0.1, -0.05) is 60.8 Å². The Morgan fingerprint density at radius 1 is 1.21 bits per heavy atom. The highest BCUT2D eigenvalue weighted by atomic mass is 35.5. The zero-order chi connectivity index (χ0) is 19.8. The molecule has 1 saturated carbocycles. The average molecular weight is 417 g/mol. The van der Waals surface area contributed by atoms with Crippen LogP contribution < -0.4 is 5.32 Å². The molecule has 0 bridgehead atoms. The average Bonchev–Trinajstić information content (AvgIpc) is 2.73. The van der Waals surface area contributed by atoms with Gasteiger partial charge in [0.2, 0.25) is 5.91 Å². The number of carbonyl (C=O) groups excluding carboxylic acids is 1. The number of amides is 1. The van der Waals surface area contributed by atoms with E-state index in [0.29, 0.717) is 16.9 Å². The Morgan fingerprint density at radius 3 is 2.64 bits per heavy atom. The second-order valence-electron chi connectivity index (χ2n) is 6.83. The van der Waals surface area contributed by atoms with E-state index < -0.39 is 0 Å². The number of benzene rings is 1. The lowest BCUT2D eigenvalue weighted by Crippen LogP contribution is -2.37. The van der Waals surface area contributed by atoms with Crippen LogP contribution in [0.15, 0.2) is 53.7 Å². The van der Waals surface area contributed by atoms with Crippen LogP contribution in [0, 0.1) is 0 Å². The van der Waals surface area contributed by atoms with E-state index in [0.717, 1.165) is 10.9 Å². The Kier molecular flexibility index (Phi) is 7.74. The molecule has 1 aliphatic rings. The number of halogens is 1. The standard InChI is InChI=1S/C21H25ClN4OS/c1-26(18-10-6-3-7-11-18)21(24-17-8-4-2-5-9-17)28-15-20(27)25-19-13-12-16(22)14-23-19/h2,4-5,8-9,12-14,18H,3,6-7,10-11,15H2,1H3,(H,23,25,27). The summed E-state index contributed by atoms with van der Waals surface area (Å²) in [4.78, 5) is 23.5. The second kappa shape index (κ2) is 10.5. The Labute approximate surface area is 175 Å². The van der Waals surface area contributed by atoms with Gasteiger partial charge in [0.15, 0.2) is 5.17 Å². The molecule has 0 unspecified atom stereocenters. The smallest absolute Gasteiger partial charge is 0.236 e. The van der Waals surface area contributed by atoms with Crippen LogP contribution in [0.4, 0.5) is 11.5 Å². The van der Waals surface area contributed by atoms with E-state index >= 15 is 0 Å². The summed E-state index contributed by atoms with van der Waals surface area (Å²) in [7, 11) is 2.09. The van der Waals surface area contributed by atoms with E-state index in [9.17, 15) is 4.79 Å². The van der Waals surface area contributed by atoms with Crippen molar-refractivity contribution in [3.8, 4) is 0 Å². The molecular formula is C21H25ClN4OS. The van der Waals surface area contributed by atoms with Gasteiger partial charge in [0.25, 0.3) is 0 Å². The molecule has 0 radical (unpaired) electrons. The number of hydrogen-bond donors (Lipinski definition) is 1. The molecule has 1 N–H and O–H groups in total. The highest BCUT2D eigenvalue weighted by Crippen LogP contribution is 2.26. The van der Waals surface area contributed by atoms with E-state index in [1.54, 1.807) is 12.1 Å². The summed E-state index contributed by atoms with van der Waals surface area (Å²) in [6, 6.07) is 13.8. The van der Waals surface area contributed by atoms with Gasteiger partial charge < -0.3 is 10.2 Å². The van der Waals surface area contributed by atoms with Crippen molar-refractivity contribution in [2.24, 2.45) is 4.99 Å². The molecule has 0 saturated heterocycles. The number of nitrogens with zero attached hydrogens (tertiary/aromatic N) is 3. The van der Waals surface area contributed by atoms with E-state index in [4.69, 9.17) is 16.6 Å². The normalized spacial score (nSPS) is 15.3. The predicted molar refractivity (Wildman–Crippen MR) is 119 cm³/mol. The number of carbonyl (C=O) groups is 1. The summed E-state index contributed by atoms with van der Waals surface area (Å²) in [6.45, 7) is 0. The number of amidine groups is 1. The molecule has 1 aromatic carbocycles. The molecule has 1 amide bonds. The number of pyridine rings is 1. The molecule has 1 heterocycles. The van der Waals surface area contributed by atoms with Crippen LogP contribution in [0.25, 0.3) is 0 Å². The van der Waals surface area contributed by atoms with Crippen molar-refractivity contribution < 1.29 is 4.79 Å². The van der Waals surface area contributed by atoms with Crippen molar-refractivity contribution in [2.75, 3.05) is 18.1 Å². The highest BCUT2D eigenvalue weighted by molar-refractivity contribution is 8.14. The minimum absolute atomic E-state index is 0.113. The summed E-state index contributed by atoms with van der Waals surface area (Å²) in [5, 5.41) is 4.22. The molecule has 28 heavy (non-hydrogen) atoms. The molecule has 0 spiro atoms. The number of rotatable bonds is 5. The molecule has 1 aromatic heterocycles. The summed E-state index contributed by atoms with van der Waals surface area (Å²) in [5.74, 6) is 0.655. The Balaban J connectivity index is 1.66. The molecule has 1 aliphatic carbocycles. The van der Waals surface area contributed by atoms with Crippen LogP contribution in [0.2, 0.25) is 5.02 Å². The van der Waals surface area contributed by atoms with Crippen molar-refractivity contribution in [1.82, 2.24) is 9.88 Å². The first-order chi connectivity index (χ1) is 13.6. The van der Waals surface area contributed by atoms with Gasteiger partial charge in [-0.2, -0.15) is 0 Å². The topological polar surface area (TPSA) is 57.6 Å². The third-order valence-corrected chi connectivity index (χ3v) is 6.00. The zero-order valence-electron chi connectivity index (χ0n) is 16.0. The van der Waals surface area contributed by atoms with Crippen LogP contribution in [0.1, 0.15) is 32.1 Å². The fourth-order valence-corrected chi connectivity index (χ4v) is 4.18. The summed E-state index contributed by atoms with van der Waals surface area (Å²) in [5.41, 5.74) is 0.896. The highest BCUT2D eigenvalue weighted by Gasteiger charge is 2.22. The van der Waals surface area contributed by atoms with Gasteiger partial charge in [-0.25, -0.2) is 9.98 Å². The predicted octanol–water partition coefficient (Wildman–Crippen LogP) is 5.36. The van der Waals surface area contributed by atoms with E-state index in [-0.39, 0.29) is 11.7 Å². The number of aromatic nitrogens is 1. The minimum Gasteiger partial charge on any atom is -0.351 e. The number of para-hydroxylation sites is 1. The fourth-order valence-electron chi connectivity index (χ4n) is 3.21. The van der Waals surface area contributed by atoms with Crippen molar-refractivity contribution in [2.45, 2.75) is 38.1 Å². The number of hydrogen-bond acceptors (Lipinski definition) is 4. The first-order valence-corrected chi connectivity index (χ1v) is 10.9. The lowest BCUT2D eigenvalue weighted by atomic mass is 9.95. The third kappa shape index (κ3) is 6.24. The minimum atomic E-state index is -0.113. The summed E-state index contributed by atoms with van der Waals surface area (Å²) >= 11 is 7.29. The van der Waals surface area contributed by atoms with Gasteiger partial charge in [0.05, 0.1) is 16.5 Å². The molecule has 0 atom stereocenters. The van der Waals surface area contributed by atoms with Crippen LogP contribution in [0.3, 0.4) is 0 Å². The van der Waals surface area contributed by atoms with Crippen LogP contribution in [-0.4, -0.2) is 39.8 Å². The van der Waals surface area contributed by atoms with E-state index in [1.165, 1.54) is 50.1 Å². The molecular weight excluding hydrogens is 392 g/mol. The van der Waals surface area contributed by atoms with Gasteiger partial charge in [0.1, 0.15) is 5.82 Å². The number of anilines is 1. The maximum atomic E-state index is 12.4. The van der Waals surface area contributed by atoms with Crippen molar-refractivity contribution in [1.29, 1.82) is 0 Å². The zero-order valence-corrected chi connectivity index (χ0v) is 17.5. The quantitative estimate of drug-likeness (QED) is 0.526. The third-order valence-electron chi connectivity index (χ3n) is 4.73. The maximum absolute atomic E-state index is 12.4. The van der Waals surface area contributed by atoms with Crippen LogP contribution in [-0.2, 0) is 4.79 Å². The summed E-state index contributed by atoms with van der Waals surface area (Å²) < 4.78 is 0. The van der Waals surface area contributed by atoms with Crippen molar-refractivity contribution in [3.05, 3.63) is 53.7 Å². The van der Waals surface area contributed by atoms with E-state index in [2.05, 4.69) is 22.2 Å². The number of nitrogens with one attached hydrogen (secondary N) is 1. The largest absolute Gasteiger partial charge is 0.351 e. The molecule has 0 aliphatic heterocycles. The van der Waals surface area contributed by atoms with Crippen molar-refractivity contribution in [3.63, 3.8) is 0 Å². The molecule has 3 rings (SSSR count). The van der Waals surface area contributed by atoms with Gasteiger partial charge in [-0.05, 0) is 37.1 Å². The van der Waals surface area contributed by atoms with Gasteiger partial charge in [-0.3, -0.25) is 4.79 Å². The molecule has 1 fully saturated rings. The van der Waals surface area contributed by atoms with E-state index in [1.807, 2.05) is 30.3 Å². The lowest BCUT2D eigenvalue weighted by Gasteiger charge is -2.33. The second-order valence-corrected chi connectivity index (χ2v) is 8.21. The van der Waals surface area contributed by atoms with Gasteiger partial charge in [0, 0.05) is 19.3 Å². The summed E-state index contributed by atoms with van der Waals surface area (Å²) in [6.07, 6.45) is 7.67. The molecule has 148 valence electrons. The van der Waals surface area contributed by atoms with Gasteiger partial charge >= 0.3 is 0 Å². The van der Waals surface area contributed by atoms with Crippen molar-refractivity contribution >= 4 is 45.9 Å².